The molecular weight excluding hydrogens is 294 g/mol. The Bertz CT molecular complexity index is 597. The highest BCUT2D eigenvalue weighted by atomic mass is 32.2. The van der Waals surface area contributed by atoms with Gasteiger partial charge in [0.15, 0.2) is 0 Å². The van der Waals surface area contributed by atoms with E-state index in [9.17, 15) is 13.2 Å². The number of carboxylic acid groups (broad SMARTS) is 1. The Labute approximate surface area is 125 Å². The smallest absolute Gasteiger partial charge is 0.307 e. The number of methoxy groups -OCH3 is 1. The zero-order valence-electron chi connectivity index (χ0n) is 12.4. The average Bonchev–Trinajstić information content (AvgIpc) is 2.37. The number of ether oxygens (including phenoxy) is 1. The molecule has 0 fully saturated rings. The van der Waals surface area contributed by atoms with Crippen LogP contribution in [0.1, 0.15) is 32.3 Å². The van der Waals surface area contributed by atoms with Crippen LogP contribution in [0, 0.1) is 0 Å². The summed E-state index contributed by atoms with van der Waals surface area (Å²) >= 11 is 0. The third-order valence-electron chi connectivity index (χ3n) is 2.98. The van der Waals surface area contributed by atoms with E-state index in [1.54, 1.807) is 6.92 Å². The monoisotopic (exact) mass is 315 g/mol. The maximum atomic E-state index is 12.4. The van der Waals surface area contributed by atoms with Gasteiger partial charge < -0.3 is 9.84 Å². The van der Waals surface area contributed by atoms with Crippen molar-refractivity contribution in [3.63, 3.8) is 0 Å². The quantitative estimate of drug-likeness (QED) is 0.763. The van der Waals surface area contributed by atoms with Crippen molar-refractivity contribution in [2.24, 2.45) is 0 Å². The number of rotatable bonds is 8. The molecule has 0 aliphatic heterocycles. The van der Waals surface area contributed by atoms with Gasteiger partial charge in [0.1, 0.15) is 5.75 Å². The summed E-state index contributed by atoms with van der Waals surface area (Å²) in [7, 11) is -2.31. The molecule has 1 unspecified atom stereocenters. The Balaban J connectivity index is 3.17. The Hall–Kier alpha value is -1.60. The molecule has 0 saturated carbocycles. The van der Waals surface area contributed by atoms with E-state index in [1.807, 2.05) is 6.92 Å². The predicted molar refractivity (Wildman–Crippen MR) is 79.0 cm³/mol. The molecule has 7 heteroatoms. The van der Waals surface area contributed by atoms with Crippen LogP contribution in [0.3, 0.4) is 0 Å². The number of aliphatic carboxylic acids is 1. The lowest BCUT2D eigenvalue weighted by Crippen LogP contribution is -2.33. The second-order valence-corrected chi connectivity index (χ2v) is 6.54. The molecule has 0 amide bonds. The second kappa shape index (κ2) is 7.42. The standard InChI is InChI=1S/C14H21NO5S/c1-4-5-10(2)15-21(18,19)13-7-6-12(20-3)8-11(13)9-14(16)17/h6-8,10,15H,4-5,9H2,1-3H3,(H,16,17). The first-order valence-electron chi connectivity index (χ1n) is 6.71. The van der Waals surface area contributed by atoms with Crippen molar-refractivity contribution in [3.05, 3.63) is 23.8 Å². The molecular formula is C14H21NO5S. The number of benzene rings is 1. The molecule has 0 saturated heterocycles. The largest absolute Gasteiger partial charge is 0.497 e. The van der Waals surface area contributed by atoms with Crippen molar-refractivity contribution in [2.45, 2.75) is 44.0 Å². The molecule has 1 aromatic rings. The van der Waals surface area contributed by atoms with E-state index < -0.39 is 16.0 Å². The lowest BCUT2D eigenvalue weighted by Gasteiger charge is -2.16. The van der Waals surface area contributed by atoms with Crippen LogP contribution in [0.25, 0.3) is 0 Å². The summed E-state index contributed by atoms with van der Waals surface area (Å²) in [6.45, 7) is 3.75. The molecule has 6 nitrogen and oxygen atoms in total. The van der Waals surface area contributed by atoms with Crippen LogP contribution in [0.5, 0.6) is 5.75 Å². The lowest BCUT2D eigenvalue weighted by atomic mass is 10.1. The Kier molecular flexibility index (Phi) is 6.17. The van der Waals surface area contributed by atoms with Crippen molar-refractivity contribution in [1.82, 2.24) is 4.72 Å². The van der Waals surface area contributed by atoms with Gasteiger partial charge in [-0.2, -0.15) is 0 Å². The SMILES string of the molecule is CCCC(C)NS(=O)(=O)c1ccc(OC)cc1CC(=O)O. The fourth-order valence-electron chi connectivity index (χ4n) is 2.07. The molecule has 1 atom stereocenters. The number of nitrogens with one attached hydrogen (secondary N) is 1. The van der Waals surface area contributed by atoms with E-state index in [-0.39, 0.29) is 22.9 Å². The molecule has 0 aromatic heterocycles. The molecule has 21 heavy (non-hydrogen) atoms. The van der Waals surface area contributed by atoms with Gasteiger partial charge in [0.25, 0.3) is 0 Å². The molecule has 0 bridgehead atoms. The average molecular weight is 315 g/mol. The molecule has 0 radical (unpaired) electrons. The van der Waals surface area contributed by atoms with Crippen molar-refractivity contribution in [3.8, 4) is 5.75 Å². The highest BCUT2D eigenvalue weighted by molar-refractivity contribution is 7.89. The fourth-order valence-corrected chi connectivity index (χ4v) is 3.56. The minimum absolute atomic E-state index is 0.0198. The van der Waals surface area contributed by atoms with E-state index >= 15 is 0 Å². The summed E-state index contributed by atoms with van der Waals surface area (Å²) in [4.78, 5) is 10.9. The van der Waals surface area contributed by atoms with Crippen LogP contribution >= 0.6 is 0 Å². The van der Waals surface area contributed by atoms with Gasteiger partial charge in [-0.1, -0.05) is 13.3 Å². The highest BCUT2D eigenvalue weighted by Gasteiger charge is 2.22. The van der Waals surface area contributed by atoms with Gasteiger partial charge in [-0.05, 0) is 37.1 Å². The van der Waals surface area contributed by atoms with E-state index in [4.69, 9.17) is 9.84 Å². The number of sulfonamides is 1. The normalized spacial score (nSPS) is 12.9. The van der Waals surface area contributed by atoms with Gasteiger partial charge >= 0.3 is 5.97 Å². The summed E-state index contributed by atoms with van der Waals surface area (Å²) in [5, 5.41) is 8.93. The van der Waals surface area contributed by atoms with Gasteiger partial charge in [0.2, 0.25) is 10.0 Å². The molecule has 0 heterocycles. The summed E-state index contributed by atoms with van der Waals surface area (Å²) in [6.07, 6.45) is 1.19. The Morgan fingerprint density at radius 2 is 2.10 bits per heavy atom. The molecule has 118 valence electrons. The Morgan fingerprint density at radius 1 is 1.43 bits per heavy atom. The Morgan fingerprint density at radius 3 is 2.62 bits per heavy atom. The highest BCUT2D eigenvalue weighted by Crippen LogP contribution is 2.23. The van der Waals surface area contributed by atoms with Crippen LogP contribution in [-0.2, 0) is 21.2 Å². The minimum atomic E-state index is -3.75. The number of hydrogen-bond donors (Lipinski definition) is 2. The molecule has 1 aromatic carbocycles. The molecule has 2 N–H and O–H groups in total. The van der Waals surface area contributed by atoms with E-state index in [0.717, 1.165) is 6.42 Å². The maximum absolute atomic E-state index is 12.4. The summed E-state index contributed by atoms with van der Waals surface area (Å²) < 4.78 is 32.3. The van der Waals surface area contributed by atoms with Crippen molar-refractivity contribution in [1.29, 1.82) is 0 Å². The van der Waals surface area contributed by atoms with Crippen LogP contribution in [0.15, 0.2) is 23.1 Å². The first-order chi connectivity index (χ1) is 9.80. The second-order valence-electron chi connectivity index (χ2n) is 4.86. The summed E-state index contributed by atoms with van der Waals surface area (Å²) in [6, 6.07) is 4.11. The molecule has 1 rings (SSSR count). The maximum Gasteiger partial charge on any atom is 0.307 e. The van der Waals surface area contributed by atoms with Crippen LogP contribution in [-0.4, -0.2) is 32.6 Å². The van der Waals surface area contributed by atoms with Crippen molar-refractivity contribution >= 4 is 16.0 Å². The van der Waals surface area contributed by atoms with Crippen molar-refractivity contribution in [2.75, 3.05) is 7.11 Å². The van der Waals surface area contributed by atoms with Crippen LogP contribution in [0.4, 0.5) is 0 Å². The van der Waals surface area contributed by atoms with Crippen LogP contribution < -0.4 is 9.46 Å². The number of hydrogen-bond acceptors (Lipinski definition) is 4. The first-order valence-corrected chi connectivity index (χ1v) is 8.19. The first kappa shape index (κ1) is 17.5. The number of carbonyl (C=O) groups is 1. The minimum Gasteiger partial charge on any atom is -0.497 e. The summed E-state index contributed by atoms with van der Waals surface area (Å²) in [5.74, 6) is -0.673. The van der Waals surface area contributed by atoms with Gasteiger partial charge in [-0.15, -0.1) is 0 Å². The zero-order chi connectivity index (χ0) is 16.0. The van der Waals surface area contributed by atoms with Crippen LogP contribution in [0.2, 0.25) is 0 Å². The van der Waals surface area contributed by atoms with Gasteiger partial charge in [0, 0.05) is 6.04 Å². The van der Waals surface area contributed by atoms with Gasteiger partial charge in [-0.25, -0.2) is 13.1 Å². The fraction of sp³-hybridized carbons (Fsp3) is 0.500. The van der Waals surface area contributed by atoms with E-state index in [1.165, 1.54) is 25.3 Å². The van der Waals surface area contributed by atoms with Gasteiger partial charge in [-0.3, -0.25) is 4.79 Å². The topological polar surface area (TPSA) is 92.7 Å². The third-order valence-corrected chi connectivity index (χ3v) is 4.67. The lowest BCUT2D eigenvalue weighted by molar-refractivity contribution is -0.136. The molecule has 0 aliphatic carbocycles. The van der Waals surface area contributed by atoms with E-state index in [2.05, 4.69) is 4.72 Å². The number of carboxylic acids is 1. The third kappa shape index (κ3) is 5.02. The zero-order valence-corrected chi connectivity index (χ0v) is 13.2. The molecule has 0 aliphatic rings. The van der Waals surface area contributed by atoms with Crippen molar-refractivity contribution < 1.29 is 23.1 Å². The molecule has 0 spiro atoms. The predicted octanol–water partition coefficient (Wildman–Crippen LogP) is 1.79. The summed E-state index contributed by atoms with van der Waals surface area (Å²) in [5.41, 5.74) is 0.207. The van der Waals surface area contributed by atoms with E-state index in [0.29, 0.717) is 12.2 Å². The van der Waals surface area contributed by atoms with Gasteiger partial charge in [0.05, 0.1) is 18.4 Å².